The molecule has 2 atom stereocenters. The summed E-state index contributed by atoms with van der Waals surface area (Å²) in [7, 11) is 1.32. The van der Waals surface area contributed by atoms with Crippen molar-refractivity contribution in [2.24, 2.45) is 0 Å². The van der Waals surface area contributed by atoms with Crippen LogP contribution in [0, 0.1) is 6.92 Å². The van der Waals surface area contributed by atoms with Crippen molar-refractivity contribution >= 4 is 17.6 Å². The lowest BCUT2D eigenvalue weighted by Gasteiger charge is -2.19. The number of nitrogens with one attached hydrogen (secondary N) is 2. The first-order valence-electron chi connectivity index (χ1n) is 7.88. The van der Waals surface area contributed by atoms with E-state index in [0.29, 0.717) is 12.0 Å². The molecular weight excluding hydrogens is 304 g/mol. The molecule has 124 valence electrons. The zero-order valence-electron chi connectivity index (χ0n) is 13.7. The van der Waals surface area contributed by atoms with Gasteiger partial charge in [-0.2, -0.15) is 0 Å². The average molecular weight is 324 g/mol. The number of fused-ring (bicyclic) bond motifs is 1. The molecule has 5 nitrogen and oxygen atoms in total. The van der Waals surface area contributed by atoms with Gasteiger partial charge in [-0.1, -0.05) is 48.5 Å². The number of rotatable bonds is 4. The maximum atomic E-state index is 12.6. The fourth-order valence-corrected chi connectivity index (χ4v) is 2.99. The third-order valence-electron chi connectivity index (χ3n) is 4.27. The number of ether oxygens (including phenoxy) is 1. The lowest BCUT2D eigenvalue weighted by Crippen LogP contribution is -2.43. The quantitative estimate of drug-likeness (QED) is 0.847. The SMILES string of the molecule is COC(=O)C(NC(=O)C1Cc2cccc(C)c2N1)c1ccccc1. The molecule has 2 unspecified atom stereocenters. The molecule has 0 aromatic heterocycles. The van der Waals surface area contributed by atoms with Crippen LogP contribution in [0.15, 0.2) is 48.5 Å². The second-order valence-corrected chi connectivity index (χ2v) is 5.89. The second kappa shape index (κ2) is 6.74. The third-order valence-corrected chi connectivity index (χ3v) is 4.27. The summed E-state index contributed by atoms with van der Waals surface area (Å²) in [5.74, 6) is -0.703. The Balaban J connectivity index is 1.76. The predicted molar refractivity (Wildman–Crippen MR) is 91.6 cm³/mol. The van der Waals surface area contributed by atoms with Crippen LogP contribution >= 0.6 is 0 Å². The predicted octanol–water partition coefficient (Wildman–Crippen LogP) is 2.36. The van der Waals surface area contributed by atoms with Gasteiger partial charge in [-0.15, -0.1) is 0 Å². The van der Waals surface area contributed by atoms with Crippen LogP contribution in [0.5, 0.6) is 0 Å². The Kier molecular flexibility index (Phi) is 4.51. The van der Waals surface area contributed by atoms with Crippen LogP contribution in [-0.4, -0.2) is 25.0 Å². The zero-order chi connectivity index (χ0) is 17.1. The first-order valence-corrected chi connectivity index (χ1v) is 7.88. The highest BCUT2D eigenvalue weighted by molar-refractivity contribution is 5.91. The highest BCUT2D eigenvalue weighted by Crippen LogP contribution is 2.29. The highest BCUT2D eigenvalue weighted by Gasteiger charge is 2.31. The summed E-state index contributed by atoms with van der Waals surface area (Å²) in [5, 5.41) is 6.06. The van der Waals surface area contributed by atoms with E-state index in [9.17, 15) is 9.59 Å². The molecule has 1 aliphatic heterocycles. The molecule has 0 saturated carbocycles. The van der Waals surface area contributed by atoms with Gasteiger partial charge < -0.3 is 15.4 Å². The number of esters is 1. The molecule has 0 saturated heterocycles. The lowest BCUT2D eigenvalue weighted by molar-refractivity contribution is -0.145. The maximum Gasteiger partial charge on any atom is 0.333 e. The van der Waals surface area contributed by atoms with Gasteiger partial charge in [-0.3, -0.25) is 4.79 Å². The van der Waals surface area contributed by atoms with E-state index >= 15 is 0 Å². The van der Waals surface area contributed by atoms with Gasteiger partial charge in [0.15, 0.2) is 6.04 Å². The van der Waals surface area contributed by atoms with Gasteiger partial charge in [0.25, 0.3) is 0 Å². The van der Waals surface area contributed by atoms with Crippen molar-refractivity contribution in [1.29, 1.82) is 0 Å². The number of amides is 1. The minimum atomic E-state index is -0.810. The van der Waals surface area contributed by atoms with Crippen molar-refractivity contribution in [3.63, 3.8) is 0 Å². The van der Waals surface area contributed by atoms with Crippen LogP contribution in [0.4, 0.5) is 5.69 Å². The molecule has 0 bridgehead atoms. The van der Waals surface area contributed by atoms with E-state index in [1.54, 1.807) is 12.1 Å². The van der Waals surface area contributed by atoms with E-state index in [2.05, 4.69) is 10.6 Å². The highest BCUT2D eigenvalue weighted by atomic mass is 16.5. The molecule has 2 aromatic carbocycles. The fourth-order valence-electron chi connectivity index (χ4n) is 2.99. The molecule has 3 rings (SSSR count). The fraction of sp³-hybridized carbons (Fsp3) is 0.263. The van der Waals surface area contributed by atoms with Crippen molar-refractivity contribution in [3.05, 3.63) is 65.2 Å². The Hall–Kier alpha value is -2.82. The number of carbonyl (C=O) groups is 2. The molecule has 1 aliphatic rings. The maximum absolute atomic E-state index is 12.6. The van der Waals surface area contributed by atoms with Gasteiger partial charge in [-0.25, -0.2) is 4.79 Å². The monoisotopic (exact) mass is 324 g/mol. The van der Waals surface area contributed by atoms with Crippen LogP contribution in [-0.2, 0) is 20.7 Å². The van der Waals surface area contributed by atoms with Crippen LogP contribution in [0.3, 0.4) is 0 Å². The summed E-state index contributed by atoms with van der Waals surface area (Å²) in [6.45, 7) is 2.01. The molecule has 5 heteroatoms. The average Bonchev–Trinajstić information content (AvgIpc) is 3.05. The van der Waals surface area contributed by atoms with E-state index < -0.39 is 18.1 Å². The number of carbonyl (C=O) groups excluding carboxylic acids is 2. The zero-order valence-corrected chi connectivity index (χ0v) is 13.7. The summed E-state index contributed by atoms with van der Waals surface area (Å²) in [6.07, 6.45) is 0.603. The molecule has 0 aliphatic carbocycles. The van der Waals surface area contributed by atoms with Gasteiger partial charge in [0.2, 0.25) is 5.91 Å². The number of methoxy groups -OCH3 is 1. The van der Waals surface area contributed by atoms with Crippen molar-refractivity contribution in [2.75, 3.05) is 12.4 Å². The molecule has 1 heterocycles. The molecule has 24 heavy (non-hydrogen) atoms. The van der Waals surface area contributed by atoms with E-state index in [1.165, 1.54) is 7.11 Å². The van der Waals surface area contributed by atoms with Crippen LogP contribution in [0.1, 0.15) is 22.7 Å². The Morgan fingerprint density at radius 2 is 1.92 bits per heavy atom. The minimum Gasteiger partial charge on any atom is -0.467 e. The van der Waals surface area contributed by atoms with Crippen molar-refractivity contribution in [3.8, 4) is 0 Å². The molecular formula is C19H20N2O3. The van der Waals surface area contributed by atoms with Crippen LogP contribution < -0.4 is 10.6 Å². The number of anilines is 1. The Bertz CT molecular complexity index is 758. The number of hydrogen-bond acceptors (Lipinski definition) is 4. The van der Waals surface area contributed by atoms with Crippen molar-refractivity contribution < 1.29 is 14.3 Å². The topological polar surface area (TPSA) is 67.4 Å². The summed E-state index contributed by atoms with van der Waals surface area (Å²) in [5.41, 5.74) is 3.93. The van der Waals surface area contributed by atoms with Gasteiger partial charge in [0.1, 0.15) is 6.04 Å². The van der Waals surface area contributed by atoms with Crippen LogP contribution in [0.25, 0.3) is 0 Å². The van der Waals surface area contributed by atoms with Crippen molar-refractivity contribution in [1.82, 2.24) is 5.32 Å². The van der Waals surface area contributed by atoms with Crippen molar-refractivity contribution in [2.45, 2.75) is 25.4 Å². The van der Waals surface area contributed by atoms with E-state index in [4.69, 9.17) is 4.74 Å². The molecule has 1 amide bonds. The summed E-state index contributed by atoms with van der Waals surface area (Å²) < 4.78 is 4.84. The molecule has 2 N–H and O–H groups in total. The van der Waals surface area contributed by atoms with Gasteiger partial charge >= 0.3 is 5.97 Å². The van der Waals surface area contributed by atoms with Gasteiger partial charge in [0, 0.05) is 12.1 Å². The first kappa shape index (κ1) is 16.1. The smallest absolute Gasteiger partial charge is 0.333 e. The molecule has 2 aromatic rings. The van der Waals surface area contributed by atoms with E-state index in [-0.39, 0.29) is 5.91 Å². The first-order chi connectivity index (χ1) is 11.6. The number of aryl methyl sites for hydroxylation is 1. The largest absolute Gasteiger partial charge is 0.467 e. The minimum absolute atomic E-state index is 0.218. The Labute approximate surface area is 141 Å². The number of para-hydroxylation sites is 1. The standard InChI is InChI=1S/C19H20N2O3/c1-12-7-6-10-14-11-15(20-16(12)14)18(22)21-17(19(23)24-2)13-8-4-3-5-9-13/h3-10,15,17,20H,11H2,1-2H3,(H,21,22). The summed E-state index contributed by atoms with van der Waals surface area (Å²) >= 11 is 0. The van der Waals surface area contributed by atoms with Gasteiger partial charge in [-0.05, 0) is 23.6 Å². The Morgan fingerprint density at radius 3 is 2.58 bits per heavy atom. The summed E-state index contributed by atoms with van der Waals surface area (Å²) in [4.78, 5) is 24.7. The van der Waals surface area contributed by atoms with E-state index in [1.807, 2.05) is 43.3 Å². The second-order valence-electron chi connectivity index (χ2n) is 5.89. The summed E-state index contributed by atoms with van der Waals surface area (Å²) in [6, 6.07) is 13.9. The van der Waals surface area contributed by atoms with Gasteiger partial charge in [0.05, 0.1) is 7.11 Å². The lowest BCUT2D eigenvalue weighted by atomic mass is 10.0. The molecule has 0 radical (unpaired) electrons. The third kappa shape index (κ3) is 3.11. The molecule has 0 spiro atoms. The molecule has 0 fully saturated rings. The van der Waals surface area contributed by atoms with Crippen LogP contribution in [0.2, 0.25) is 0 Å². The normalized spacial score (nSPS) is 16.7. The number of hydrogen-bond donors (Lipinski definition) is 2. The van der Waals surface area contributed by atoms with E-state index in [0.717, 1.165) is 16.8 Å². The Morgan fingerprint density at radius 1 is 1.17 bits per heavy atom. The number of benzene rings is 2.